The minimum atomic E-state index is 0.0654. The van der Waals surface area contributed by atoms with Crippen molar-refractivity contribution in [3.8, 4) is 0 Å². The van der Waals surface area contributed by atoms with Crippen molar-refractivity contribution >= 4 is 5.91 Å². The lowest BCUT2D eigenvalue weighted by Gasteiger charge is -2.40. The van der Waals surface area contributed by atoms with E-state index in [0.29, 0.717) is 23.6 Å². The number of nitrogens with zero attached hydrogens (tertiary/aromatic N) is 3. The first kappa shape index (κ1) is 17.4. The van der Waals surface area contributed by atoms with E-state index in [2.05, 4.69) is 35.9 Å². The Morgan fingerprint density at radius 1 is 1.21 bits per heavy atom. The van der Waals surface area contributed by atoms with Gasteiger partial charge in [0.15, 0.2) is 0 Å². The number of morpholine rings is 1. The zero-order chi connectivity index (χ0) is 17.1. The smallest absolute Gasteiger partial charge is 0.274 e. The molecular formula is C18H30N4O2. The predicted molar refractivity (Wildman–Crippen MR) is 93.2 cm³/mol. The molecule has 1 atom stereocenters. The van der Waals surface area contributed by atoms with E-state index in [9.17, 15) is 4.79 Å². The first-order chi connectivity index (χ1) is 11.6. The van der Waals surface area contributed by atoms with Gasteiger partial charge in [-0.15, -0.1) is 0 Å². The van der Waals surface area contributed by atoms with Gasteiger partial charge in [-0.05, 0) is 37.7 Å². The van der Waals surface area contributed by atoms with Gasteiger partial charge in [0, 0.05) is 37.9 Å². The van der Waals surface area contributed by atoms with Gasteiger partial charge < -0.3 is 9.64 Å². The highest BCUT2D eigenvalue weighted by Crippen LogP contribution is 2.25. The molecule has 0 radical (unpaired) electrons. The van der Waals surface area contributed by atoms with Crippen molar-refractivity contribution in [3.63, 3.8) is 0 Å². The van der Waals surface area contributed by atoms with Crippen LogP contribution in [0.1, 0.15) is 55.7 Å². The number of hydrogen-bond donors (Lipinski definition) is 1. The van der Waals surface area contributed by atoms with E-state index in [0.717, 1.165) is 57.9 Å². The van der Waals surface area contributed by atoms with Gasteiger partial charge in [0.1, 0.15) is 5.69 Å². The van der Waals surface area contributed by atoms with Crippen LogP contribution in [-0.4, -0.2) is 71.3 Å². The molecule has 1 amide bonds. The molecule has 3 heterocycles. The Morgan fingerprint density at radius 3 is 2.46 bits per heavy atom. The molecule has 2 fully saturated rings. The molecule has 2 aliphatic heterocycles. The Labute approximate surface area is 144 Å². The monoisotopic (exact) mass is 334 g/mol. The number of piperidine rings is 1. The highest BCUT2D eigenvalue weighted by atomic mass is 16.5. The van der Waals surface area contributed by atoms with Crippen molar-refractivity contribution < 1.29 is 9.53 Å². The number of ether oxygens (including phenoxy) is 1. The summed E-state index contributed by atoms with van der Waals surface area (Å²) in [4.78, 5) is 17.1. The molecule has 6 nitrogen and oxygen atoms in total. The summed E-state index contributed by atoms with van der Waals surface area (Å²) in [6.07, 6.45) is 2.15. The second-order valence-corrected chi connectivity index (χ2v) is 7.38. The van der Waals surface area contributed by atoms with Crippen LogP contribution in [0.4, 0.5) is 0 Å². The molecule has 134 valence electrons. The Hall–Kier alpha value is -1.40. The van der Waals surface area contributed by atoms with E-state index in [-0.39, 0.29) is 5.91 Å². The predicted octanol–water partition coefficient (Wildman–Crippen LogP) is 2.11. The van der Waals surface area contributed by atoms with Gasteiger partial charge >= 0.3 is 0 Å². The quantitative estimate of drug-likeness (QED) is 0.916. The fourth-order valence-corrected chi connectivity index (χ4v) is 3.77. The van der Waals surface area contributed by atoms with Crippen LogP contribution in [-0.2, 0) is 4.74 Å². The van der Waals surface area contributed by atoms with Crippen LogP contribution in [0, 0.1) is 5.92 Å². The molecular weight excluding hydrogens is 304 g/mol. The lowest BCUT2D eigenvalue weighted by molar-refractivity contribution is -0.000986. The lowest BCUT2D eigenvalue weighted by Crippen LogP contribution is -2.49. The molecule has 0 spiro atoms. The molecule has 6 heteroatoms. The van der Waals surface area contributed by atoms with Crippen molar-refractivity contribution in [1.82, 2.24) is 20.0 Å². The number of rotatable bonds is 4. The molecule has 1 aromatic rings. The largest absolute Gasteiger partial charge is 0.379 e. The van der Waals surface area contributed by atoms with Crippen molar-refractivity contribution in [2.24, 2.45) is 5.92 Å². The average Bonchev–Trinajstić information content (AvgIpc) is 3.12. The molecule has 0 saturated carbocycles. The summed E-state index contributed by atoms with van der Waals surface area (Å²) in [5, 5.41) is 7.18. The lowest BCUT2D eigenvalue weighted by atomic mass is 9.89. The zero-order valence-corrected chi connectivity index (χ0v) is 15.1. The van der Waals surface area contributed by atoms with E-state index >= 15 is 0 Å². The molecule has 24 heavy (non-hydrogen) atoms. The fraction of sp³-hybridized carbons (Fsp3) is 0.778. The van der Waals surface area contributed by atoms with Crippen LogP contribution in [0.15, 0.2) is 6.07 Å². The Morgan fingerprint density at radius 2 is 1.88 bits per heavy atom. The van der Waals surface area contributed by atoms with E-state index in [1.165, 1.54) is 0 Å². The van der Waals surface area contributed by atoms with Gasteiger partial charge in [0.2, 0.25) is 0 Å². The third-order valence-corrected chi connectivity index (χ3v) is 5.57. The first-order valence-corrected chi connectivity index (χ1v) is 9.22. The Bertz CT molecular complexity index is 543. The third-order valence-electron chi connectivity index (χ3n) is 5.57. The van der Waals surface area contributed by atoms with Crippen LogP contribution in [0.2, 0.25) is 0 Å². The average molecular weight is 334 g/mol. The minimum absolute atomic E-state index is 0.0654. The zero-order valence-electron chi connectivity index (χ0n) is 15.1. The maximum Gasteiger partial charge on any atom is 0.274 e. The summed E-state index contributed by atoms with van der Waals surface area (Å²) in [6.45, 7) is 12.0. The van der Waals surface area contributed by atoms with Crippen molar-refractivity contribution in [2.45, 2.75) is 45.6 Å². The molecule has 0 aliphatic carbocycles. The van der Waals surface area contributed by atoms with E-state index in [1.807, 2.05) is 11.0 Å². The minimum Gasteiger partial charge on any atom is -0.379 e. The number of carbonyl (C=O) groups excluding carboxylic acids is 1. The molecule has 2 saturated heterocycles. The number of likely N-dealkylation sites (tertiary alicyclic amines) is 1. The first-order valence-electron chi connectivity index (χ1n) is 9.22. The van der Waals surface area contributed by atoms with Crippen molar-refractivity contribution in [2.75, 3.05) is 39.4 Å². The van der Waals surface area contributed by atoms with Gasteiger partial charge in [-0.3, -0.25) is 14.8 Å². The third kappa shape index (κ3) is 3.81. The van der Waals surface area contributed by atoms with Crippen molar-refractivity contribution in [3.05, 3.63) is 17.5 Å². The van der Waals surface area contributed by atoms with Crippen LogP contribution in [0.5, 0.6) is 0 Å². The van der Waals surface area contributed by atoms with Crippen LogP contribution in [0.3, 0.4) is 0 Å². The summed E-state index contributed by atoms with van der Waals surface area (Å²) < 4.78 is 5.45. The highest BCUT2D eigenvalue weighted by Gasteiger charge is 2.31. The summed E-state index contributed by atoms with van der Waals surface area (Å²) in [7, 11) is 0. The maximum atomic E-state index is 12.6. The number of aromatic nitrogens is 2. The molecule has 0 aromatic carbocycles. The second-order valence-electron chi connectivity index (χ2n) is 7.38. The molecule has 1 N–H and O–H groups in total. The van der Waals surface area contributed by atoms with Crippen LogP contribution >= 0.6 is 0 Å². The maximum absolute atomic E-state index is 12.6. The number of aromatic amines is 1. The van der Waals surface area contributed by atoms with Gasteiger partial charge in [-0.1, -0.05) is 13.8 Å². The molecule has 2 aliphatic rings. The highest BCUT2D eigenvalue weighted by molar-refractivity contribution is 5.92. The SMILES string of the molecule is CC(C)c1cc(C(=O)N2CCC(C(C)N3CCOCC3)CC2)n[nH]1. The summed E-state index contributed by atoms with van der Waals surface area (Å²) >= 11 is 0. The van der Waals surface area contributed by atoms with Gasteiger partial charge in [0.05, 0.1) is 13.2 Å². The Kier molecular flexibility index (Phi) is 5.56. The van der Waals surface area contributed by atoms with Gasteiger partial charge in [-0.2, -0.15) is 5.10 Å². The summed E-state index contributed by atoms with van der Waals surface area (Å²) in [6, 6.07) is 2.47. The number of hydrogen-bond acceptors (Lipinski definition) is 4. The molecule has 1 aromatic heterocycles. The van der Waals surface area contributed by atoms with Crippen molar-refractivity contribution in [1.29, 1.82) is 0 Å². The number of amides is 1. The standard InChI is InChI=1S/C18H30N4O2/c1-13(2)16-12-17(20-19-16)18(23)22-6-4-15(5-7-22)14(3)21-8-10-24-11-9-21/h12-15H,4-11H2,1-3H3,(H,19,20). The normalized spacial score (nSPS) is 22.1. The molecule has 1 unspecified atom stereocenters. The van der Waals surface area contributed by atoms with Crippen LogP contribution < -0.4 is 0 Å². The molecule has 3 rings (SSSR count). The van der Waals surface area contributed by atoms with Gasteiger partial charge in [0.25, 0.3) is 5.91 Å². The summed E-state index contributed by atoms with van der Waals surface area (Å²) in [5.41, 5.74) is 1.58. The number of nitrogens with one attached hydrogen (secondary N) is 1. The van der Waals surface area contributed by atoms with E-state index < -0.39 is 0 Å². The second kappa shape index (κ2) is 7.66. The number of H-pyrrole nitrogens is 1. The topological polar surface area (TPSA) is 61.5 Å². The van der Waals surface area contributed by atoms with Crippen LogP contribution in [0.25, 0.3) is 0 Å². The number of carbonyl (C=O) groups is 1. The Balaban J connectivity index is 1.53. The molecule has 0 bridgehead atoms. The van der Waals surface area contributed by atoms with E-state index in [1.54, 1.807) is 0 Å². The summed E-state index contributed by atoms with van der Waals surface area (Å²) in [5.74, 6) is 1.09. The van der Waals surface area contributed by atoms with Gasteiger partial charge in [-0.25, -0.2) is 0 Å². The fourth-order valence-electron chi connectivity index (χ4n) is 3.77. The van der Waals surface area contributed by atoms with E-state index in [4.69, 9.17) is 4.74 Å².